The molecule has 0 saturated carbocycles. The number of carbonyl (C=O) groups is 1. The van der Waals surface area contributed by atoms with Crippen molar-refractivity contribution in [3.63, 3.8) is 0 Å². The van der Waals surface area contributed by atoms with Crippen LogP contribution in [0.4, 0.5) is 4.79 Å². The molecule has 2 unspecified atom stereocenters. The van der Waals surface area contributed by atoms with Crippen LogP contribution in [0.25, 0.3) is 0 Å². The Morgan fingerprint density at radius 2 is 1.36 bits per heavy atom. The van der Waals surface area contributed by atoms with E-state index in [0.29, 0.717) is 18.8 Å². The lowest BCUT2D eigenvalue weighted by Crippen LogP contribution is -2.33. The lowest BCUT2D eigenvalue weighted by Gasteiger charge is -2.18. The van der Waals surface area contributed by atoms with E-state index in [2.05, 4.69) is 12.2 Å². The number of hydrogen-bond acceptors (Lipinski definition) is 6. The first kappa shape index (κ1) is 37.9. The first-order chi connectivity index (χ1) is 21.6. The number of alkyl carbamates (subject to hydrolysis) is 1. The first-order valence-corrected chi connectivity index (χ1v) is 18.0. The van der Waals surface area contributed by atoms with Crippen molar-refractivity contribution in [2.24, 2.45) is 0 Å². The van der Waals surface area contributed by atoms with Gasteiger partial charge in [0.1, 0.15) is 18.5 Å². The summed E-state index contributed by atoms with van der Waals surface area (Å²) < 4.78 is 23.8. The summed E-state index contributed by atoms with van der Waals surface area (Å²) in [5.41, 5.74) is 0.918. The minimum Gasteiger partial charge on any atom is -0.447 e. The molecular weight excluding hydrogens is 575 g/mol. The second kappa shape index (κ2) is 26.0. The van der Waals surface area contributed by atoms with E-state index in [1.165, 1.54) is 97.0 Å². The maximum atomic E-state index is 12.1. The zero-order valence-electron chi connectivity index (χ0n) is 27.3. The van der Waals surface area contributed by atoms with Crippen molar-refractivity contribution < 1.29 is 32.8 Å². The quantitative estimate of drug-likeness (QED) is 0.0582. The SMILES string of the molecule is CCCCCCCCCCCCCCCCCCNC(=O)OCC(COP(O)Oc1ccccc1C[n+]1ccccc1)OC. The summed E-state index contributed by atoms with van der Waals surface area (Å²) in [4.78, 5) is 22.5. The van der Waals surface area contributed by atoms with Crippen molar-refractivity contribution in [3.05, 3.63) is 60.4 Å². The lowest BCUT2D eigenvalue weighted by molar-refractivity contribution is -0.688. The summed E-state index contributed by atoms with van der Waals surface area (Å²) >= 11 is 0. The minimum atomic E-state index is -2.18. The van der Waals surface area contributed by atoms with Gasteiger partial charge in [-0.05, 0) is 18.6 Å². The molecule has 0 fully saturated rings. The third-order valence-electron chi connectivity index (χ3n) is 7.68. The Bertz CT molecular complexity index is 967. The van der Waals surface area contributed by atoms with E-state index in [0.717, 1.165) is 18.4 Å². The van der Waals surface area contributed by atoms with E-state index >= 15 is 0 Å². The van der Waals surface area contributed by atoms with E-state index in [9.17, 15) is 9.69 Å². The van der Waals surface area contributed by atoms with Crippen molar-refractivity contribution in [1.29, 1.82) is 0 Å². The van der Waals surface area contributed by atoms with Gasteiger partial charge in [-0.2, -0.15) is 0 Å². The van der Waals surface area contributed by atoms with E-state index in [-0.39, 0.29) is 13.2 Å². The predicted octanol–water partition coefficient (Wildman–Crippen LogP) is 8.64. The van der Waals surface area contributed by atoms with E-state index in [1.54, 1.807) is 6.07 Å². The molecule has 0 aliphatic heterocycles. The summed E-state index contributed by atoms with van der Waals surface area (Å²) in [7, 11) is -0.672. The summed E-state index contributed by atoms with van der Waals surface area (Å²) in [6.45, 7) is 3.52. The van der Waals surface area contributed by atoms with Crippen LogP contribution in [0.2, 0.25) is 0 Å². The van der Waals surface area contributed by atoms with Crippen LogP contribution in [0.1, 0.15) is 115 Å². The summed E-state index contributed by atoms with van der Waals surface area (Å²) in [6, 6.07) is 13.4. The van der Waals surface area contributed by atoms with Gasteiger partial charge >= 0.3 is 14.7 Å². The molecule has 44 heavy (non-hydrogen) atoms. The predicted molar refractivity (Wildman–Crippen MR) is 178 cm³/mol. The second-order valence-electron chi connectivity index (χ2n) is 11.5. The van der Waals surface area contributed by atoms with Crippen LogP contribution in [-0.4, -0.2) is 44.0 Å². The Hall–Kier alpha value is -2.25. The van der Waals surface area contributed by atoms with Gasteiger partial charge in [0.25, 0.3) is 0 Å². The maximum Gasteiger partial charge on any atom is 0.407 e. The van der Waals surface area contributed by atoms with Gasteiger partial charge in [-0.3, -0.25) is 4.52 Å². The fraction of sp³-hybridized carbons (Fsp3) is 0.657. The molecule has 0 bridgehead atoms. The Morgan fingerprint density at radius 3 is 1.95 bits per heavy atom. The molecular formula is C35H58N2O6P+. The number of pyridine rings is 1. The molecule has 1 heterocycles. The number of para-hydroxylation sites is 1. The number of carbonyl (C=O) groups excluding carboxylic acids is 1. The number of benzene rings is 1. The third kappa shape index (κ3) is 19.2. The molecule has 1 aromatic heterocycles. The zero-order chi connectivity index (χ0) is 31.5. The molecule has 8 nitrogen and oxygen atoms in total. The van der Waals surface area contributed by atoms with Gasteiger partial charge in [-0.1, -0.05) is 121 Å². The normalized spacial score (nSPS) is 12.5. The summed E-state index contributed by atoms with van der Waals surface area (Å²) in [5.74, 6) is 0.552. The van der Waals surface area contributed by atoms with Crippen LogP contribution < -0.4 is 14.4 Å². The average Bonchev–Trinajstić information content (AvgIpc) is 3.04. The van der Waals surface area contributed by atoms with Crippen molar-refractivity contribution in [2.75, 3.05) is 26.9 Å². The Labute approximate surface area is 267 Å². The molecule has 2 atom stereocenters. The highest BCUT2D eigenvalue weighted by molar-refractivity contribution is 7.41. The van der Waals surface area contributed by atoms with E-state index < -0.39 is 20.8 Å². The van der Waals surface area contributed by atoms with Crippen LogP contribution in [0, 0.1) is 0 Å². The Kier molecular flexibility index (Phi) is 22.4. The molecule has 2 N–H and O–H groups in total. The van der Waals surface area contributed by atoms with Crippen LogP contribution in [0.15, 0.2) is 54.9 Å². The Morgan fingerprint density at radius 1 is 0.795 bits per heavy atom. The molecule has 248 valence electrons. The van der Waals surface area contributed by atoms with Crippen LogP contribution in [0.3, 0.4) is 0 Å². The number of ether oxygens (including phenoxy) is 2. The molecule has 0 aliphatic carbocycles. The van der Waals surface area contributed by atoms with Crippen LogP contribution >= 0.6 is 8.60 Å². The largest absolute Gasteiger partial charge is 0.447 e. The van der Waals surface area contributed by atoms with Crippen LogP contribution in [0.5, 0.6) is 5.75 Å². The highest BCUT2D eigenvalue weighted by Gasteiger charge is 2.18. The summed E-state index contributed by atoms with van der Waals surface area (Å²) in [6.07, 6.45) is 24.1. The molecule has 2 rings (SSSR count). The van der Waals surface area contributed by atoms with Gasteiger partial charge in [-0.15, -0.1) is 0 Å². The number of nitrogens with zero attached hydrogens (tertiary/aromatic N) is 1. The average molecular weight is 634 g/mol. The van der Waals surface area contributed by atoms with Gasteiger partial charge in [0.05, 0.1) is 12.2 Å². The number of aromatic nitrogens is 1. The van der Waals surface area contributed by atoms with Gasteiger partial charge in [0.2, 0.25) is 0 Å². The zero-order valence-corrected chi connectivity index (χ0v) is 28.2. The van der Waals surface area contributed by atoms with Gasteiger partial charge < -0.3 is 24.2 Å². The summed E-state index contributed by atoms with van der Waals surface area (Å²) in [5, 5.41) is 2.81. The lowest BCUT2D eigenvalue weighted by atomic mass is 10.0. The topological polar surface area (TPSA) is 90.1 Å². The minimum absolute atomic E-state index is 0.0195. The molecule has 2 aromatic rings. The Balaban J connectivity index is 1.45. The molecule has 1 amide bonds. The van der Waals surface area contributed by atoms with Gasteiger partial charge in [0.15, 0.2) is 18.9 Å². The van der Waals surface area contributed by atoms with Crippen molar-refractivity contribution in [2.45, 2.75) is 122 Å². The number of nitrogens with one attached hydrogen (secondary N) is 1. The van der Waals surface area contributed by atoms with Crippen molar-refractivity contribution >= 4 is 14.7 Å². The molecule has 0 aliphatic rings. The molecule has 1 aromatic carbocycles. The van der Waals surface area contributed by atoms with E-state index in [1.807, 2.05) is 53.4 Å². The molecule has 0 spiro atoms. The number of hydrogen-bond donors (Lipinski definition) is 2. The van der Waals surface area contributed by atoms with Gasteiger partial charge in [0, 0.05) is 25.8 Å². The van der Waals surface area contributed by atoms with Gasteiger partial charge in [-0.25, -0.2) is 9.36 Å². The monoisotopic (exact) mass is 633 g/mol. The highest BCUT2D eigenvalue weighted by Crippen LogP contribution is 2.36. The highest BCUT2D eigenvalue weighted by atomic mass is 31.2. The van der Waals surface area contributed by atoms with Crippen LogP contribution in [-0.2, 0) is 20.5 Å². The first-order valence-electron chi connectivity index (χ1n) is 16.9. The molecule has 0 saturated heterocycles. The smallest absolute Gasteiger partial charge is 0.407 e. The maximum absolute atomic E-state index is 12.1. The second-order valence-corrected chi connectivity index (χ2v) is 12.4. The van der Waals surface area contributed by atoms with Crippen molar-refractivity contribution in [1.82, 2.24) is 5.32 Å². The third-order valence-corrected chi connectivity index (χ3v) is 8.41. The fourth-order valence-electron chi connectivity index (χ4n) is 4.98. The molecule has 9 heteroatoms. The number of methoxy groups -OCH3 is 1. The molecule has 0 radical (unpaired) electrons. The number of amides is 1. The standard InChI is InChI=1S/C35H57N2O6P/c1-3-4-5-6-7-8-9-10-11-12-13-14-15-16-17-21-26-36-35(38)41-30-33(40-2)31-42-44(39)43-34-25-20-19-24-32(34)29-37-27-22-18-23-28-37/h18-20,22-25,27-28,33,39H,3-17,21,26,29-31H2,1-2H3/p+1. The van der Waals surface area contributed by atoms with E-state index in [4.69, 9.17) is 18.5 Å². The van der Waals surface area contributed by atoms with Crippen molar-refractivity contribution in [3.8, 4) is 5.75 Å². The fourth-order valence-corrected chi connectivity index (χ4v) is 5.68. The number of rotatable bonds is 27. The number of unbranched alkanes of at least 4 members (excludes halogenated alkanes) is 15.